The van der Waals surface area contributed by atoms with E-state index in [0.29, 0.717) is 42.8 Å². The van der Waals surface area contributed by atoms with Crippen LogP contribution < -0.4 is 18.8 Å². The molecule has 1 saturated heterocycles. The summed E-state index contributed by atoms with van der Waals surface area (Å²) >= 11 is -2.93. The van der Waals surface area contributed by atoms with Crippen LogP contribution in [-0.4, -0.2) is 68.7 Å². The number of nitrogen functional groups attached to an aromatic ring is 1. The number of unbranched alkanes of at least 4 members (excludes halogenated alkanes) is 4. The molecule has 1 fully saturated rings. The van der Waals surface area contributed by atoms with Crippen molar-refractivity contribution in [3.63, 3.8) is 0 Å². The van der Waals surface area contributed by atoms with Gasteiger partial charge in [-0.25, -0.2) is 0 Å². The van der Waals surface area contributed by atoms with Gasteiger partial charge in [-0.05, 0) is 0 Å². The van der Waals surface area contributed by atoms with Crippen LogP contribution in [0.2, 0.25) is 13.3 Å². The van der Waals surface area contributed by atoms with Crippen LogP contribution in [0.15, 0.2) is 6.07 Å². The van der Waals surface area contributed by atoms with Crippen molar-refractivity contribution in [1.29, 1.82) is 0 Å². The van der Waals surface area contributed by atoms with Gasteiger partial charge < -0.3 is 0 Å². The number of anilines is 1. The van der Waals surface area contributed by atoms with Gasteiger partial charge in [0.05, 0.1) is 0 Å². The van der Waals surface area contributed by atoms with E-state index in [1.807, 2.05) is 0 Å². The first-order valence-electron chi connectivity index (χ1n) is 15.6. The van der Waals surface area contributed by atoms with Crippen molar-refractivity contribution in [3.8, 4) is 11.5 Å². The van der Waals surface area contributed by atoms with Crippen molar-refractivity contribution in [2.75, 3.05) is 45.2 Å². The summed E-state index contributed by atoms with van der Waals surface area (Å²) in [6, 6.07) is 2.11. The molecule has 6 nitrogen and oxygen atoms in total. The molecule has 2 N–H and O–H groups in total. The van der Waals surface area contributed by atoms with Crippen LogP contribution in [0.4, 0.5) is 5.69 Å². The predicted molar refractivity (Wildman–Crippen MR) is 161 cm³/mol. The van der Waals surface area contributed by atoms with E-state index in [1.165, 1.54) is 74.8 Å². The minimum absolute atomic E-state index is 0.275. The summed E-state index contributed by atoms with van der Waals surface area (Å²) in [7, 11) is 0. The van der Waals surface area contributed by atoms with Crippen molar-refractivity contribution in [2.24, 2.45) is 5.92 Å². The molecule has 0 saturated carbocycles. The summed E-state index contributed by atoms with van der Waals surface area (Å²) in [5.74, 6) is 1.24. The molecule has 0 unspecified atom stereocenters. The zero-order valence-corrected chi connectivity index (χ0v) is 27.6. The third-order valence-electron chi connectivity index (χ3n) is 8.65. The third kappa shape index (κ3) is 8.18. The fourth-order valence-corrected chi connectivity index (χ4v) is 22.7. The van der Waals surface area contributed by atoms with Gasteiger partial charge in [0, 0.05) is 0 Å². The van der Waals surface area contributed by atoms with Crippen molar-refractivity contribution < 1.29 is 19.0 Å². The molecule has 2 aliphatic heterocycles. The van der Waals surface area contributed by atoms with Gasteiger partial charge >= 0.3 is 224 Å². The second-order valence-corrected chi connectivity index (χ2v) is 24.7. The second-order valence-electron chi connectivity index (χ2n) is 11.6. The van der Waals surface area contributed by atoms with Gasteiger partial charge in [0.1, 0.15) is 0 Å². The number of carbonyl (C=O) groups is 1. The van der Waals surface area contributed by atoms with E-state index in [9.17, 15) is 4.79 Å². The van der Waals surface area contributed by atoms with E-state index in [-0.39, 0.29) is 5.97 Å². The Bertz CT molecular complexity index is 848. The van der Waals surface area contributed by atoms with Crippen molar-refractivity contribution in [3.05, 3.63) is 11.6 Å². The Hall–Kier alpha value is -1.15. The molecule has 0 bridgehead atoms. The van der Waals surface area contributed by atoms with Crippen LogP contribution in [0.3, 0.4) is 0 Å². The Morgan fingerprint density at radius 3 is 2.03 bits per heavy atom. The molecule has 2 heterocycles. The number of nitrogens with two attached hydrogens (primary N) is 1. The van der Waals surface area contributed by atoms with Gasteiger partial charge in [0.25, 0.3) is 0 Å². The van der Waals surface area contributed by atoms with E-state index in [1.54, 1.807) is 0 Å². The molecule has 0 atom stereocenters. The molecule has 216 valence electrons. The Balaban J connectivity index is 1.87. The van der Waals surface area contributed by atoms with Crippen LogP contribution >= 0.6 is 0 Å². The molecule has 0 aliphatic carbocycles. The summed E-state index contributed by atoms with van der Waals surface area (Å²) in [5, 5.41) is 0. The zero-order chi connectivity index (χ0) is 27.4. The number of ether oxygens (including phenoxy) is 3. The number of piperidine rings is 1. The van der Waals surface area contributed by atoms with Gasteiger partial charge in [0.2, 0.25) is 0 Å². The van der Waals surface area contributed by atoms with Gasteiger partial charge in [-0.2, -0.15) is 0 Å². The average molecular weight is 637 g/mol. The predicted octanol–water partition coefficient (Wildman–Crippen LogP) is 6.77. The number of nitrogens with zero attached hydrogens (tertiary/aromatic N) is 1. The van der Waals surface area contributed by atoms with Crippen LogP contribution in [0, 0.1) is 5.92 Å². The molecule has 0 amide bonds. The molecule has 0 spiro atoms. The number of likely N-dealkylation sites (tertiary alicyclic amines) is 1. The van der Waals surface area contributed by atoms with Crippen LogP contribution in [0.25, 0.3) is 0 Å². The first-order chi connectivity index (χ1) is 18.5. The summed E-state index contributed by atoms with van der Waals surface area (Å²) in [6.45, 7) is 13.8. The molecular weight excluding hydrogens is 583 g/mol. The van der Waals surface area contributed by atoms with Gasteiger partial charge in [-0.1, -0.05) is 13.3 Å². The number of hydrogen-bond donors (Lipinski definition) is 1. The van der Waals surface area contributed by atoms with E-state index in [0.717, 1.165) is 31.6 Å². The van der Waals surface area contributed by atoms with Gasteiger partial charge in [0.15, 0.2) is 0 Å². The van der Waals surface area contributed by atoms with E-state index in [2.05, 4.69) is 38.7 Å². The standard InChI is InChI=1S/C19H27N2O4.3C4H9.Sn/c1-2-3-8-21-9-6-14(7-10-21)13-25-19(22)15-4-5-16(20)18-17(15)23-11-12-24-18;3*1-3-4-2;/h4,14H,2-3,6-13,20H2,1H3;3*1,3-4H2,2H3;. The number of esters is 1. The number of fused-ring (bicyclic) bond motifs is 1. The first kappa shape index (κ1) is 31.4. The topological polar surface area (TPSA) is 74.0 Å². The molecule has 2 aliphatic rings. The normalized spacial score (nSPS) is 16.5. The van der Waals surface area contributed by atoms with Crippen molar-refractivity contribution in [1.82, 2.24) is 4.90 Å². The van der Waals surface area contributed by atoms with Gasteiger partial charge in [-0.3, -0.25) is 0 Å². The fourth-order valence-electron chi connectivity index (χ4n) is 6.17. The summed E-state index contributed by atoms with van der Waals surface area (Å²) in [6.07, 6.45) is 11.9. The van der Waals surface area contributed by atoms with Crippen molar-refractivity contribution in [2.45, 2.75) is 105 Å². The summed E-state index contributed by atoms with van der Waals surface area (Å²) in [4.78, 5) is 16.2. The fraction of sp³-hybridized carbons (Fsp3) is 0.774. The number of benzene rings is 1. The van der Waals surface area contributed by atoms with Crippen LogP contribution in [0.1, 0.15) is 102 Å². The summed E-state index contributed by atoms with van der Waals surface area (Å²) in [5.41, 5.74) is 8.19. The molecule has 7 heteroatoms. The molecule has 0 radical (unpaired) electrons. The minimum atomic E-state index is -2.93. The number of carbonyl (C=O) groups excluding carboxylic acids is 1. The maximum atomic E-state index is 13.6. The first-order valence-corrected chi connectivity index (χ1v) is 23.1. The Morgan fingerprint density at radius 1 is 0.921 bits per heavy atom. The monoisotopic (exact) mass is 638 g/mol. The number of rotatable bonds is 16. The molecule has 1 aromatic carbocycles. The second kappa shape index (κ2) is 16.2. The molecular formula is C31H54N2O4Sn. The quantitative estimate of drug-likeness (QED) is 0.123. The Morgan fingerprint density at radius 2 is 1.47 bits per heavy atom. The molecule has 0 aromatic heterocycles. The number of hydrogen-bond acceptors (Lipinski definition) is 6. The van der Waals surface area contributed by atoms with E-state index in [4.69, 9.17) is 19.9 Å². The Labute approximate surface area is 236 Å². The van der Waals surface area contributed by atoms with Crippen molar-refractivity contribution >= 4 is 33.6 Å². The van der Waals surface area contributed by atoms with E-state index < -0.39 is 18.4 Å². The molecule has 38 heavy (non-hydrogen) atoms. The zero-order valence-electron chi connectivity index (χ0n) is 24.7. The van der Waals surface area contributed by atoms with E-state index >= 15 is 0 Å². The van der Waals surface area contributed by atoms with Crippen LogP contribution in [-0.2, 0) is 4.74 Å². The Kier molecular flexibility index (Phi) is 13.4. The average Bonchev–Trinajstić information content (AvgIpc) is 2.95. The van der Waals surface area contributed by atoms with Crippen LogP contribution in [0.5, 0.6) is 11.5 Å². The maximum absolute atomic E-state index is 13.6. The van der Waals surface area contributed by atoms with Gasteiger partial charge in [-0.15, -0.1) is 0 Å². The molecule has 1 aromatic rings. The summed E-state index contributed by atoms with van der Waals surface area (Å²) < 4.78 is 23.2. The molecule has 3 rings (SSSR count). The third-order valence-corrected chi connectivity index (χ3v) is 24.3. The SMILES string of the molecule is CCCCN1CCC(COC(=O)c2c[c]([Sn]([CH2]CCC)([CH2]CCC)[CH2]CCC)c(N)c3c2OCCO3)CC1.